The van der Waals surface area contributed by atoms with Gasteiger partial charge in [0, 0.05) is 0 Å². The first-order chi connectivity index (χ1) is 13.9. The van der Waals surface area contributed by atoms with Crippen molar-refractivity contribution in [3.05, 3.63) is 74.7 Å². The van der Waals surface area contributed by atoms with Gasteiger partial charge in [-0.1, -0.05) is 105 Å². The molecule has 0 bridgehead atoms. The molecule has 0 saturated heterocycles. The molecule has 0 unspecified atom stereocenters. The van der Waals surface area contributed by atoms with Crippen LogP contribution in [0, 0.1) is 0 Å². The Labute approximate surface area is 232 Å². The van der Waals surface area contributed by atoms with Crippen LogP contribution in [0.2, 0.25) is 0 Å². The standard InChI is InChI=1S/C30H35.2ClH.Zr/c1-18(2)24-17-25-23-14-13-21(29(4,5)6)15-20(23)16-26(25)27(28(24)30(7,8)9)22-12-10-11-19(22)3;;;/h10-11,13-15,17H,12H2,1-9H3;2*1H;/q-1;;;+3/p-2. The molecule has 0 fully saturated rings. The Morgan fingerprint density at radius 1 is 0.879 bits per heavy atom. The minimum Gasteiger partial charge on any atom is -1.00 e. The van der Waals surface area contributed by atoms with E-state index in [0.29, 0.717) is 0 Å². The smallest absolute Gasteiger partial charge is 1.00 e. The molecule has 0 aliphatic heterocycles. The summed E-state index contributed by atoms with van der Waals surface area (Å²) >= 11 is 0. The predicted molar refractivity (Wildman–Crippen MR) is 132 cm³/mol. The van der Waals surface area contributed by atoms with Crippen LogP contribution in [-0.4, -0.2) is 0 Å². The third-order valence-electron chi connectivity index (χ3n) is 6.52. The number of hydrogen-bond acceptors (Lipinski definition) is 0. The fourth-order valence-corrected chi connectivity index (χ4v) is 4.90. The maximum absolute atomic E-state index is 3.86. The third-order valence-corrected chi connectivity index (χ3v) is 6.52. The van der Waals surface area contributed by atoms with Crippen LogP contribution < -0.4 is 35.3 Å². The van der Waals surface area contributed by atoms with Crippen LogP contribution in [-0.2, 0) is 37.0 Å². The Balaban J connectivity index is 0.00000181. The molecule has 0 saturated carbocycles. The summed E-state index contributed by atoms with van der Waals surface area (Å²) in [4.78, 5) is 0. The van der Waals surface area contributed by atoms with E-state index in [1.807, 2.05) is 0 Å². The number of hydrogen-bond donors (Lipinski definition) is 0. The first kappa shape index (κ1) is 30.2. The first-order valence-corrected chi connectivity index (χ1v) is 11.2. The fraction of sp³-hybridized carbons (Fsp3) is 0.400. The van der Waals surface area contributed by atoms with Crippen molar-refractivity contribution in [3.63, 3.8) is 0 Å². The summed E-state index contributed by atoms with van der Waals surface area (Å²) in [6, 6.07) is 9.41. The average molecular weight is 558 g/mol. The monoisotopic (exact) mass is 555 g/mol. The van der Waals surface area contributed by atoms with Crippen molar-refractivity contribution in [1.82, 2.24) is 0 Å². The molecule has 0 spiro atoms. The van der Waals surface area contributed by atoms with Crippen molar-refractivity contribution in [1.29, 1.82) is 0 Å². The van der Waals surface area contributed by atoms with Gasteiger partial charge in [-0.05, 0) is 43.2 Å². The quantitative estimate of drug-likeness (QED) is 0.390. The van der Waals surface area contributed by atoms with E-state index in [2.05, 4.69) is 105 Å². The molecule has 2 aliphatic carbocycles. The van der Waals surface area contributed by atoms with Crippen LogP contribution in [0.25, 0.3) is 28.3 Å². The topological polar surface area (TPSA) is 0 Å². The van der Waals surface area contributed by atoms with Crippen LogP contribution in [0.4, 0.5) is 0 Å². The van der Waals surface area contributed by atoms with Crippen LogP contribution in [0.5, 0.6) is 0 Å². The zero-order valence-electron chi connectivity index (χ0n) is 21.4. The largest absolute Gasteiger partial charge is 3.00 e. The summed E-state index contributed by atoms with van der Waals surface area (Å²) in [6.07, 6.45) is 9.46. The van der Waals surface area contributed by atoms with E-state index in [1.54, 1.807) is 0 Å². The van der Waals surface area contributed by atoms with Gasteiger partial charge >= 0.3 is 26.2 Å². The second-order valence-electron chi connectivity index (χ2n) is 11.3. The van der Waals surface area contributed by atoms with Gasteiger partial charge in [-0.15, -0.1) is 34.1 Å². The van der Waals surface area contributed by atoms with Crippen LogP contribution in [0.15, 0.2) is 42.0 Å². The Kier molecular flexibility index (Phi) is 9.50. The maximum Gasteiger partial charge on any atom is 3.00 e. The summed E-state index contributed by atoms with van der Waals surface area (Å²) in [6.45, 7) is 20.7. The Bertz CT molecular complexity index is 1240. The van der Waals surface area contributed by atoms with Gasteiger partial charge in [0.25, 0.3) is 0 Å². The SMILES string of the molecule is CC1=C(c2c(C(C)(C)C)c(=C(C)C)cc3c2=[C-]c2cc(C(C)(C)C)ccc2-3)CC=C1.[Cl-].[Cl-].[Zr+3]. The molecular weight excluding hydrogens is 522 g/mol. The molecule has 2 aromatic carbocycles. The van der Waals surface area contributed by atoms with Gasteiger partial charge < -0.3 is 24.8 Å². The molecule has 0 nitrogen and oxygen atoms in total. The number of benzene rings is 2. The second-order valence-corrected chi connectivity index (χ2v) is 11.3. The molecule has 3 heteroatoms. The van der Waals surface area contributed by atoms with Crippen LogP contribution in [0.1, 0.15) is 91.0 Å². The minimum absolute atomic E-state index is 0. The predicted octanol–water partition coefficient (Wildman–Crippen LogP) is 0.897. The van der Waals surface area contributed by atoms with Gasteiger partial charge in [-0.3, -0.25) is 0 Å². The Morgan fingerprint density at radius 2 is 1.52 bits per heavy atom. The molecule has 0 N–H and O–H groups in total. The molecule has 2 aromatic rings. The van der Waals surface area contributed by atoms with Crippen molar-refractivity contribution in [2.24, 2.45) is 0 Å². The zero-order chi connectivity index (χ0) is 22.0. The minimum atomic E-state index is 0. The molecule has 173 valence electrons. The van der Waals surface area contributed by atoms with Crippen LogP contribution in [0.3, 0.4) is 0 Å². The van der Waals surface area contributed by atoms with Gasteiger partial charge in [0.05, 0.1) is 0 Å². The molecule has 4 rings (SSSR count). The van der Waals surface area contributed by atoms with E-state index >= 15 is 0 Å². The summed E-state index contributed by atoms with van der Waals surface area (Å²) in [5.74, 6) is 0. The number of fused-ring (bicyclic) bond motifs is 3. The van der Waals surface area contributed by atoms with Gasteiger partial charge in [0.15, 0.2) is 0 Å². The molecule has 0 amide bonds. The number of allylic oxidation sites excluding steroid dienone is 4. The van der Waals surface area contributed by atoms with Crippen molar-refractivity contribution < 1.29 is 51.0 Å². The Hall–Kier alpha value is -0.877. The summed E-state index contributed by atoms with van der Waals surface area (Å²) in [7, 11) is 0. The summed E-state index contributed by atoms with van der Waals surface area (Å²) in [5, 5.41) is 2.70. The molecule has 1 radical (unpaired) electrons. The molecule has 0 aromatic heterocycles. The molecular formula is C30H35Cl2Zr. The fourth-order valence-electron chi connectivity index (χ4n) is 4.90. The molecule has 0 atom stereocenters. The van der Waals surface area contributed by atoms with Gasteiger partial charge in [0.1, 0.15) is 0 Å². The normalized spacial score (nSPS) is 14.0. The van der Waals surface area contributed by atoms with Crippen molar-refractivity contribution in [2.75, 3.05) is 0 Å². The molecule has 33 heavy (non-hydrogen) atoms. The van der Waals surface area contributed by atoms with E-state index in [-0.39, 0.29) is 61.8 Å². The Morgan fingerprint density at radius 3 is 2.00 bits per heavy atom. The maximum atomic E-state index is 3.86. The first-order valence-electron chi connectivity index (χ1n) is 11.2. The zero-order valence-corrected chi connectivity index (χ0v) is 25.4. The van der Waals surface area contributed by atoms with Gasteiger partial charge in [-0.25, -0.2) is 0 Å². The summed E-state index contributed by atoms with van der Waals surface area (Å²) < 4.78 is 0. The third kappa shape index (κ3) is 5.37. The van der Waals surface area contributed by atoms with Crippen molar-refractivity contribution in [2.45, 2.75) is 79.6 Å². The summed E-state index contributed by atoms with van der Waals surface area (Å²) in [5.41, 5.74) is 12.6. The van der Waals surface area contributed by atoms with Gasteiger partial charge in [-0.2, -0.15) is 0 Å². The van der Waals surface area contributed by atoms with E-state index in [4.69, 9.17) is 0 Å². The molecule has 2 aliphatic rings. The molecule has 0 heterocycles. The number of rotatable bonds is 1. The number of halogens is 2. The van der Waals surface area contributed by atoms with Crippen molar-refractivity contribution in [3.8, 4) is 11.1 Å². The second kappa shape index (κ2) is 10.4. The van der Waals surface area contributed by atoms with E-state index < -0.39 is 0 Å². The van der Waals surface area contributed by atoms with Crippen LogP contribution >= 0.6 is 0 Å². The van der Waals surface area contributed by atoms with E-state index in [0.717, 1.165) is 6.42 Å². The van der Waals surface area contributed by atoms with E-state index in [1.165, 1.54) is 60.5 Å². The van der Waals surface area contributed by atoms with E-state index in [9.17, 15) is 0 Å². The average Bonchev–Trinajstić information content (AvgIpc) is 3.21. The van der Waals surface area contributed by atoms with Crippen molar-refractivity contribution >= 4 is 17.2 Å². The van der Waals surface area contributed by atoms with Gasteiger partial charge in [0.2, 0.25) is 0 Å².